The molecular formula is C18H15Cl2FN2O4. The molecule has 0 saturated carbocycles. The van der Waals surface area contributed by atoms with E-state index in [4.69, 9.17) is 27.9 Å². The van der Waals surface area contributed by atoms with Crippen molar-refractivity contribution in [2.75, 3.05) is 25.5 Å². The van der Waals surface area contributed by atoms with Crippen LogP contribution in [-0.4, -0.2) is 42.9 Å². The number of nitrogens with zero attached hydrogens (tertiary/aromatic N) is 1. The van der Waals surface area contributed by atoms with Gasteiger partial charge in [-0.15, -0.1) is 0 Å². The van der Waals surface area contributed by atoms with Gasteiger partial charge in [-0.05, 0) is 42.5 Å². The Morgan fingerprint density at radius 2 is 1.74 bits per heavy atom. The minimum absolute atomic E-state index is 0.147. The van der Waals surface area contributed by atoms with Crippen LogP contribution in [0.2, 0.25) is 10.0 Å². The number of esters is 1. The Bertz CT molecular complexity index is 859. The van der Waals surface area contributed by atoms with Crippen LogP contribution < -0.4 is 5.32 Å². The molecule has 1 N–H and O–H groups in total. The third-order valence-electron chi connectivity index (χ3n) is 3.42. The number of amides is 2. The smallest absolute Gasteiger partial charge is 0.338 e. The van der Waals surface area contributed by atoms with Crippen molar-refractivity contribution in [2.24, 2.45) is 0 Å². The van der Waals surface area contributed by atoms with Gasteiger partial charge in [-0.1, -0.05) is 23.2 Å². The van der Waals surface area contributed by atoms with Gasteiger partial charge >= 0.3 is 5.97 Å². The van der Waals surface area contributed by atoms with E-state index in [2.05, 4.69) is 5.32 Å². The normalized spacial score (nSPS) is 10.2. The zero-order chi connectivity index (χ0) is 20.0. The molecule has 0 aliphatic heterocycles. The second kappa shape index (κ2) is 9.34. The summed E-state index contributed by atoms with van der Waals surface area (Å²) in [6.45, 7) is -0.806. The number of nitrogens with one attached hydrogen (secondary N) is 1. The SMILES string of the molecule is CN(CC(=O)Nc1ccc(F)cc1)C(=O)COC(=O)c1ccc(Cl)c(Cl)c1. The van der Waals surface area contributed by atoms with Gasteiger partial charge in [0.25, 0.3) is 5.91 Å². The van der Waals surface area contributed by atoms with E-state index < -0.39 is 30.2 Å². The topological polar surface area (TPSA) is 75.7 Å². The van der Waals surface area contributed by atoms with E-state index >= 15 is 0 Å². The van der Waals surface area contributed by atoms with E-state index in [1.165, 1.54) is 49.5 Å². The first-order chi connectivity index (χ1) is 12.8. The van der Waals surface area contributed by atoms with Gasteiger partial charge < -0.3 is 15.0 Å². The van der Waals surface area contributed by atoms with Gasteiger partial charge in [0, 0.05) is 12.7 Å². The predicted octanol–water partition coefficient (Wildman–Crippen LogP) is 3.39. The number of hydrogen-bond acceptors (Lipinski definition) is 4. The van der Waals surface area contributed by atoms with Crippen LogP contribution in [0.1, 0.15) is 10.4 Å². The maximum atomic E-state index is 12.8. The summed E-state index contributed by atoms with van der Waals surface area (Å²) in [7, 11) is 1.39. The second-order valence-electron chi connectivity index (χ2n) is 5.51. The molecule has 0 aliphatic carbocycles. The number of carbonyl (C=O) groups excluding carboxylic acids is 3. The van der Waals surface area contributed by atoms with Crippen molar-refractivity contribution in [1.82, 2.24) is 4.90 Å². The molecule has 2 rings (SSSR count). The minimum atomic E-state index is -0.744. The molecule has 2 aromatic rings. The molecule has 142 valence electrons. The first-order valence-corrected chi connectivity index (χ1v) is 8.43. The molecule has 2 amide bonds. The highest BCUT2D eigenvalue weighted by Crippen LogP contribution is 2.22. The Labute approximate surface area is 164 Å². The van der Waals surface area contributed by atoms with Gasteiger partial charge in [0.1, 0.15) is 5.82 Å². The van der Waals surface area contributed by atoms with Gasteiger partial charge in [0.15, 0.2) is 6.61 Å². The van der Waals surface area contributed by atoms with Crippen molar-refractivity contribution in [2.45, 2.75) is 0 Å². The lowest BCUT2D eigenvalue weighted by Gasteiger charge is -2.17. The highest BCUT2D eigenvalue weighted by molar-refractivity contribution is 6.42. The number of ether oxygens (including phenoxy) is 1. The standard InChI is InChI=1S/C18H15Cl2FN2O4/c1-23(9-16(24)22-13-5-3-12(21)4-6-13)17(25)10-27-18(26)11-2-7-14(19)15(20)8-11/h2-8H,9-10H2,1H3,(H,22,24). The lowest BCUT2D eigenvalue weighted by Crippen LogP contribution is -2.37. The lowest BCUT2D eigenvalue weighted by molar-refractivity contribution is -0.136. The number of benzene rings is 2. The highest BCUT2D eigenvalue weighted by Gasteiger charge is 2.16. The molecule has 27 heavy (non-hydrogen) atoms. The summed E-state index contributed by atoms with van der Waals surface area (Å²) in [5.74, 6) is -2.22. The first-order valence-electron chi connectivity index (χ1n) is 7.68. The fourth-order valence-electron chi connectivity index (χ4n) is 1.98. The Balaban J connectivity index is 1.82. The molecule has 6 nitrogen and oxygen atoms in total. The Morgan fingerprint density at radius 3 is 2.37 bits per heavy atom. The molecule has 0 spiro atoms. The maximum absolute atomic E-state index is 12.8. The van der Waals surface area contributed by atoms with Crippen LogP contribution >= 0.6 is 23.2 Å². The van der Waals surface area contributed by atoms with E-state index in [-0.39, 0.29) is 22.2 Å². The zero-order valence-electron chi connectivity index (χ0n) is 14.2. The summed E-state index contributed by atoms with van der Waals surface area (Å²) >= 11 is 11.6. The van der Waals surface area contributed by atoms with E-state index in [0.717, 1.165) is 4.90 Å². The molecule has 0 fully saturated rings. The van der Waals surface area contributed by atoms with Crippen molar-refractivity contribution in [3.63, 3.8) is 0 Å². The quantitative estimate of drug-likeness (QED) is 0.737. The maximum Gasteiger partial charge on any atom is 0.338 e. The van der Waals surface area contributed by atoms with Crippen LogP contribution in [-0.2, 0) is 14.3 Å². The number of likely N-dealkylation sites (N-methyl/N-ethyl adjacent to an activating group) is 1. The number of hydrogen-bond donors (Lipinski definition) is 1. The van der Waals surface area contributed by atoms with Crippen molar-refractivity contribution in [3.8, 4) is 0 Å². The van der Waals surface area contributed by atoms with Gasteiger partial charge in [0.2, 0.25) is 5.91 Å². The van der Waals surface area contributed by atoms with Gasteiger partial charge in [-0.25, -0.2) is 9.18 Å². The molecule has 0 radical (unpaired) electrons. The monoisotopic (exact) mass is 412 g/mol. The van der Waals surface area contributed by atoms with Crippen molar-refractivity contribution in [3.05, 3.63) is 63.9 Å². The Morgan fingerprint density at radius 1 is 1.07 bits per heavy atom. The van der Waals surface area contributed by atoms with Crippen LogP contribution in [0.3, 0.4) is 0 Å². The van der Waals surface area contributed by atoms with E-state index in [1.807, 2.05) is 0 Å². The molecule has 0 aliphatic rings. The Hall–Kier alpha value is -2.64. The first kappa shape index (κ1) is 20.7. The van der Waals surface area contributed by atoms with Crippen LogP contribution in [0, 0.1) is 5.82 Å². The van der Waals surface area contributed by atoms with Crippen LogP contribution in [0.5, 0.6) is 0 Å². The average molecular weight is 413 g/mol. The highest BCUT2D eigenvalue weighted by atomic mass is 35.5. The van der Waals surface area contributed by atoms with Gasteiger partial charge in [-0.2, -0.15) is 0 Å². The lowest BCUT2D eigenvalue weighted by atomic mass is 10.2. The molecule has 0 bridgehead atoms. The molecule has 0 unspecified atom stereocenters. The fraction of sp³-hybridized carbons (Fsp3) is 0.167. The molecule has 0 atom stereocenters. The van der Waals surface area contributed by atoms with Crippen LogP contribution in [0.25, 0.3) is 0 Å². The van der Waals surface area contributed by atoms with E-state index in [0.29, 0.717) is 5.69 Å². The summed E-state index contributed by atoms with van der Waals surface area (Å²) in [6, 6.07) is 9.38. The molecule has 2 aromatic carbocycles. The van der Waals surface area contributed by atoms with Crippen molar-refractivity contribution >= 4 is 46.7 Å². The van der Waals surface area contributed by atoms with Gasteiger partial charge in [0.05, 0.1) is 22.2 Å². The van der Waals surface area contributed by atoms with Crippen molar-refractivity contribution in [1.29, 1.82) is 0 Å². The molecule has 0 heterocycles. The molecule has 0 aromatic heterocycles. The van der Waals surface area contributed by atoms with Crippen molar-refractivity contribution < 1.29 is 23.5 Å². The third kappa shape index (κ3) is 6.23. The molecule has 9 heteroatoms. The largest absolute Gasteiger partial charge is 0.452 e. The van der Waals surface area contributed by atoms with Gasteiger partial charge in [-0.3, -0.25) is 9.59 Å². The minimum Gasteiger partial charge on any atom is -0.452 e. The van der Waals surface area contributed by atoms with E-state index in [1.54, 1.807) is 0 Å². The Kier molecular flexibility index (Phi) is 7.15. The van der Waals surface area contributed by atoms with E-state index in [9.17, 15) is 18.8 Å². The predicted molar refractivity (Wildman–Crippen MR) is 99.4 cm³/mol. The molecule has 0 saturated heterocycles. The average Bonchev–Trinajstić information content (AvgIpc) is 2.63. The summed E-state index contributed by atoms with van der Waals surface area (Å²) in [5, 5.41) is 3.00. The summed E-state index contributed by atoms with van der Waals surface area (Å²) < 4.78 is 17.7. The number of rotatable bonds is 6. The number of halogens is 3. The number of carbonyl (C=O) groups is 3. The fourth-order valence-corrected chi connectivity index (χ4v) is 2.28. The zero-order valence-corrected chi connectivity index (χ0v) is 15.7. The van der Waals surface area contributed by atoms with Crippen LogP contribution in [0.15, 0.2) is 42.5 Å². The second-order valence-corrected chi connectivity index (χ2v) is 6.32. The summed E-state index contributed by atoms with van der Waals surface area (Å²) in [5.41, 5.74) is 0.544. The number of anilines is 1. The summed E-state index contributed by atoms with van der Waals surface area (Å²) in [6.07, 6.45) is 0. The summed E-state index contributed by atoms with van der Waals surface area (Å²) in [4.78, 5) is 36.9. The third-order valence-corrected chi connectivity index (χ3v) is 4.16. The molecular weight excluding hydrogens is 398 g/mol. The van der Waals surface area contributed by atoms with Crippen LogP contribution in [0.4, 0.5) is 10.1 Å².